The Hall–Kier alpha value is -2.09. The Morgan fingerprint density at radius 2 is 2.16 bits per heavy atom. The molecule has 1 unspecified atom stereocenters. The van der Waals surface area contributed by atoms with Crippen LogP contribution in [0.1, 0.15) is 38.8 Å². The van der Waals surface area contributed by atoms with Crippen molar-refractivity contribution >= 4 is 11.3 Å². The molecule has 5 nitrogen and oxygen atoms in total. The van der Waals surface area contributed by atoms with Crippen molar-refractivity contribution in [3.8, 4) is 6.07 Å². The molecule has 0 aliphatic heterocycles. The van der Waals surface area contributed by atoms with Crippen molar-refractivity contribution in [1.82, 2.24) is 14.6 Å². The van der Waals surface area contributed by atoms with Gasteiger partial charge in [0.05, 0.1) is 18.2 Å². The zero-order chi connectivity index (χ0) is 14.0. The summed E-state index contributed by atoms with van der Waals surface area (Å²) in [5.74, 6) is 1.25. The average molecular weight is 257 g/mol. The maximum Gasteiger partial charge on any atom is 0.154 e. The fourth-order valence-electron chi connectivity index (χ4n) is 1.96. The smallest absolute Gasteiger partial charge is 0.154 e. The van der Waals surface area contributed by atoms with Crippen molar-refractivity contribution in [1.29, 1.82) is 5.26 Å². The first-order valence-electron chi connectivity index (χ1n) is 6.48. The predicted octanol–water partition coefficient (Wildman–Crippen LogP) is 2.59. The molecule has 2 aromatic heterocycles. The van der Waals surface area contributed by atoms with E-state index in [-0.39, 0.29) is 6.04 Å². The van der Waals surface area contributed by atoms with Crippen molar-refractivity contribution in [2.24, 2.45) is 0 Å². The highest BCUT2D eigenvalue weighted by Gasteiger charge is 2.16. The summed E-state index contributed by atoms with van der Waals surface area (Å²) in [5, 5.41) is 13.4. The summed E-state index contributed by atoms with van der Waals surface area (Å²) in [6.45, 7) is 6.27. The first-order chi connectivity index (χ1) is 9.04. The van der Waals surface area contributed by atoms with Crippen molar-refractivity contribution in [3.05, 3.63) is 24.2 Å². The monoisotopic (exact) mass is 257 g/mol. The summed E-state index contributed by atoms with van der Waals surface area (Å²) in [6.07, 6.45) is 4.08. The van der Waals surface area contributed by atoms with Crippen molar-refractivity contribution in [2.75, 3.05) is 11.9 Å². The molecule has 1 atom stereocenters. The minimum absolute atomic E-state index is 0.126. The number of aromatic nitrogens is 3. The Kier molecular flexibility index (Phi) is 3.70. The lowest BCUT2D eigenvalue weighted by atomic mass is 10.1. The van der Waals surface area contributed by atoms with Crippen LogP contribution in [0.4, 0.5) is 5.82 Å². The molecule has 0 saturated heterocycles. The van der Waals surface area contributed by atoms with E-state index in [4.69, 9.17) is 5.26 Å². The molecule has 100 valence electrons. The van der Waals surface area contributed by atoms with E-state index >= 15 is 0 Å². The molecule has 0 radical (unpaired) electrons. The van der Waals surface area contributed by atoms with E-state index in [2.05, 4.69) is 36.1 Å². The van der Waals surface area contributed by atoms with E-state index in [0.717, 1.165) is 17.0 Å². The Balaban J connectivity index is 2.46. The molecule has 0 N–H and O–H groups in total. The van der Waals surface area contributed by atoms with Gasteiger partial charge in [0.1, 0.15) is 5.52 Å². The number of nitriles is 1. The highest BCUT2D eigenvalue weighted by molar-refractivity contribution is 5.69. The first-order valence-corrected chi connectivity index (χ1v) is 6.48. The van der Waals surface area contributed by atoms with Gasteiger partial charge in [0.15, 0.2) is 5.82 Å². The third kappa shape index (κ3) is 2.53. The standard InChI is InChI=1S/C14H19N5/c1-10(2)12-9-13-14(16-7-8-19(13)17-12)18(4)11(3)5-6-15/h7-11H,5H2,1-4H3. The number of rotatable bonds is 4. The molecule has 19 heavy (non-hydrogen) atoms. The van der Waals surface area contributed by atoms with E-state index in [1.54, 1.807) is 6.20 Å². The van der Waals surface area contributed by atoms with Crippen LogP contribution in [0, 0.1) is 11.3 Å². The summed E-state index contributed by atoms with van der Waals surface area (Å²) in [6, 6.07) is 4.40. The van der Waals surface area contributed by atoms with E-state index in [0.29, 0.717) is 12.3 Å². The SMILES string of the molecule is CC(C)c1cc2c(N(C)C(C)CC#N)nccn2n1. The Labute approximate surface area is 113 Å². The number of fused-ring (bicyclic) bond motifs is 1. The van der Waals surface area contributed by atoms with Gasteiger partial charge in [0, 0.05) is 25.5 Å². The summed E-state index contributed by atoms with van der Waals surface area (Å²) in [5.41, 5.74) is 2.04. The van der Waals surface area contributed by atoms with Crippen LogP contribution >= 0.6 is 0 Å². The minimum Gasteiger partial charge on any atom is -0.354 e. The van der Waals surface area contributed by atoms with E-state index in [9.17, 15) is 0 Å². The topological polar surface area (TPSA) is 57.2 Å². The van der Waals surface area contributed by atoms with E-state index in [1.165, 1.54) is 0 Å². The van der Waals surface area contributed by atoms with Crippen LogP contribution in [0.5, 0.6) is 0 Å². The zero-order valence-corrected chi connectivity index (χ0v) is 11.8. The Morgan fingerprint density at radius 3 is 2.79 bits per heavy atom. The van der Waals surface area contributed by atoms with Crippen LogP contribution in [0.25, 0.3) is 5.52 Å². The number of nitrogens with zero attached hydrogens (tertiary/aromatic N) is 5. The maximum atomic E-state index is 8.81. The second kappa shape index (κ2) is 5.27. The van der Waals surface area contributed by atoms with E-state index < -0.39 is 0 Å². The lowest BCUT2D eigenvalue weighted by molar-refractivity contribution is 0.693. The average Bonchev–Trinajstić information content (AvgIpc) is 2.82. The molecule has 2 rings (SSSR count). The van der Waals surface area contributed by atoms with Crippen LogP contribution in [0.2, 0.25) is 0 Å². The third-order valence-electron chi connectivity index (χ3n) is 3.36. The Bertz CT molecular complexity index is 608. The highest BCUT2D eigenvalue weighted by Crippen LogP contribution is 2.23. The molecule has 0 saturated carbocycles. The Morgan fingerprint density at radius 1 is 1.42 bits per heavy atom. The molecule has 0 spiro atoms. The summed E-state index contributed by atoms with van der Waals surface area (Å²) in [4.78, 5) is 6.47. The van der Waals surface area contributed by atoms with Crippen molar-refractivity contribution in [2.45, 2.75) is 39.2 Å². The lowest BCUT2D eigenvalue weighted by Gasteiger charge is -2.24. The molecule has 2 heterocycles. The second-order valence-electron chi connectivity index (χ2n) is 5.13. The number of hydrogen-bond acceptors (Lipinski definition) is 4. The second-order valence-corrected chi connectivity index (χ2v) is 5.13. The zero-order valence-electron chi connectivity index (χ0n) is 11.8. The van der Waals surface area contributed by atoms with E-state index in [1.807, 2.05) is 29.6 Å². The fraction of sp³-hybridized carbons (Fsp3) is 0.500. The number of hydrogen-bond donors (Lipinski definition) is 0. The van der Waals surface area contributed by atoms with Gasteiger partial charge in [-0.2, -0.15) is 10.4 Å². The van der Waals surface area contributed by atoms with Gasteiger partial charge >= 0.3 is 0 Å². The van der Waals surface area contributed by atoms with Gasteiger partial charge in [-0.3, -0.25) is 0 Å². The molecule has 0 fully saturated rings. The molecule has 0 aliphatic carbocycles. The summed E-state index contributed by atoms with van der Waals surface area (Å²) in [7, 11) is 1.96. The van der Waals surface area contributed by atoms with Crippen LogP contribution in [0.3, 0.4) is 0 Å². The van der Waals surface area contributed by atoms with Gasteiger partial charge in [-0.05, 0) is 18.9 Å². The quantitative estimate of drug-likeness (QED) is 0.844. The van der Waals surface area contributed by atoms with Gasteiger partial charge in [0.2, 0.25) is 0 Å². The lowest BCUT2D eigenvalue weighted by Crippen LogP contribution is -2.29. The fourth-order valence-corrected chi connectivity index (χ4v) is 1.96. The molecular formula is C14H19N5. The molecule has 5 heteroatoms. The van der Waals surface area contributed by atoms with Gasteiger partial charge < -0.3 is 4.90 Å². The largest absolute Gasteiger partial charge is 0.354 e. The van der Waals surface area contributed by atoms with Crippen LogP contribution in [-0.2, 0) is 0 Å². The summed E-state index contributed by atoms with van der Waals surface area (Å²) < 4.78 is 1.85. The van der Waals surface area contributed by atoms with Crippen LogP contribution in [-0.4, -0.2) is 27.7 Å². The molecule has 0 aromatic carbocycles. The molecule has 0 aliphatic rings. The van der Waals surface area contributed by atoms with Crippen LogP contribution < -0.4 is 4.90 Å². The minimum atomic E-state index is 0.126. The van der Waals surface area contributed by atoms with Crippen molar-refractivity contribution in [3.63, 3.8) is 0 Å². The van der Waals surface area contributed by atoms with Gasteiger partial charge in [-0.25, -0.2) is 9.50 Å². The number of anilines is 1. The molecular weight excluding hydrogens is 238 g/mol. The maximum absolute atomic E-state index is 8.81. The normalized spacial score (nSPS) is 12.6. The summed E-state index contributed by atoms with van der Waals surface area (Å²) >= 11 is 0. The molecule has 2 aromatic rings. The predicted molar refractivity (Wildman–Crippen MR) is 75.2 cm³/mol. The van der Waals surface area contributed by atoms with Crippen molar-refractivity contribution < 1.29 is 0 Å². The molecule has 0 amide bonds. The highest BCUT2D eigenvalue weighted by atomic mass is 15.3. The first kappa shape index (κ1) is 13.3. The van der Waals surface area contributed by atoms with Gasteiger partial charge in [0.25, 0.3) is 0 Å². The molecule has 0 bridgehead atoms. The van der Waals surface area contributed by atoms with Gasteiger partial charge in [-0.1, -0.05) is 13.8 Å². The third-order valence-corrected chi connectivity index (χ3v) is 3.36. The van der Waals surface area contributed by atoms with Gasteiger partial charge in [-0.15, -0.1) is 0 Å². The van der Waals surface area contributed by atoms with Crippen LogP contribution in [0.15, 0.2) is 18.5 Å².